The monoisotopic (exact) mass is 220 g/mol. The first kappa shape index (κ1) is 11.3. The third-order valence-electron chi connectivity index (χ3n) is 3.15. The molecule has 2 rings (SSSR count). The van der Waals surface area contributed by atoms with Crippen LogP contribution in [0.25, 0.3) is 0 Å². The van der Waals surface area contributed by atoms with Crippen molar-refractivity contribution < 1.29 is 0 Å². The number of hydrogen-bond donors (Lipinski definition) is 1. The predicted molar refractivity (Wildman–Crippen MR) is 65.5 cm³/mol. The summed E-state index contributed by atoms with van der Waals surface area (Å²) in [5.41, 5.74) is 0. The van der Waals surface area contributed by atoms with E-state index in [-0.39, 0.29) is 0 Å². The molecule has 0 amide bonds. The molecule has 0 spiro atoms. The van der Waals surface area contributed by atoms with Crippen molar-refractivity contribution in [1.29, 1.82) is 0 Å². The highest BCUT2D eigenvalue weighted by molar-refractivity contribution is 5.27. The van der Waals surface area contributed by atoms with E-state index in [1.807, 2.05) is 18.5 Å². The van der Waals surface area contributed by atoms with Gasteiger partial charge in [-0.05, 0) is 44.8 Å². The van der Waals surface area contributed by atoms with E-state index in [4.69, 9.17) is 0 Å². The molecule has 0 saturated carbocycles. The average Bonchev–Trinajstić information content (AvgIpc) is 2.38. The van der Waals surface area contributed by atoms with E-state index in [2.05, 4.69) is 27.1 Å². The van der Waals surface area contributed by atoms with Crippen molar-refractivity contribution in [2.75, 3.05) is 31.1 Å². The van der Waals surface area contributed by atoms with Crippen molar-refractivity contribution in [2.24, 2.45) is 5.92 Å². The van der Waals surface area contributed by atoms with E-state index >= 15 is 0 Å². The van der Waals surface area contributed by atoms with Crippen molar-refractivity contribution in [3.63, 3.8) is 0 Å². The molecule has 1 fully saturated rings. The van der Waals surface area contributed by atoms with E-state index in [1.165, 1.54) is 12.8 Å². The Hall–Kier alpha value is -1.16. The average molecular weight is 220 g/mol. The van der Waals surface area contributed by atoms with Crippen LogP contribution in [-0.4, -0.2) is 36.1 Å². The molecular formula is C12H20N4. The molecule has 1 saturated heterocycles. The molecule has 0 bridgehead atoms. The molecular weight excluding hydrogens is 200 g/mol. The first-order chi connectivity index (χ1) is 7.90. The van der Waals surface area contributed by atoms with Gasteiger partial charge in [0, 0.05) is 25.5 Å². The zero-order chi connectivity index (χ0) is 11.2. The molecule has 88 valence electrons. The molecule has 1 aliphatic rings. The Morgan fingerprint density at radius 3 is 2.62 bits per heavy atom. The summed E-state index contributed by atoms with van der Waals surface area (Å²) in [7, 11) is 0. The maximum Gasteiger partial charge on any atom is 0.225 e. The highest BCUT2D eigenvalue weighted by atomic mass is 15.2. The van der Waals surface area contributed by atoms with Gasteiger partial charge in [-0.25, -0.2) is 9.97 Å². The van der Waals surface area contributed by atoms with E-state index in [0.717, 1.165) is 38.0 Å². The highest BCUT2D eigenvalue weighted by Gasteiger charge is 2.17. The van der Waals surface area contributed by atoms with Crippen LogP contribution in [0.2, 0.25) is 0 Å². The van der Waals surface area contributed by atoms with Crippen molar-refractivity contribution in [2.45, 2.75) is 19.8 Å². The molecule has 2 heterocycles. The van der Waals surface area contributed by atoms with Gasteiger partial charge in [0.05, 0.1) is 0 Å². The van der Waals surface area contributed by atoms with Crippen LogP contribution in [0.4, 0.5) is 5.95 Å². The van der Waals surface area contributed by atoms with Gasteiger partial charge in [0.1, 0.15) is 0 Å². The maximum atomic E-state index is 4.31. The first-order valence-corrected chi connectivity index (χ1v) is 6.13. The van der Waals surface area contributed by atoms with Crippen molar-refractivity contribution in [1.82, 2.24) is 15.3 Å². The minimum absolute atomic E-state index is 0.782. The fourth-order valence-electron chi connectivity index (χ4n) is 2.18. The second-order valence-corrected chi connectivity index (χ2v) is 4.28. The summed E-state index contributed by atoms with van der Waals surface area (Å²) in [6.07, 6.45) is 6.16. The van der Waals surface area contributed by atoms with Crippen LogP contribution in [0.3, 0.4) is 0 Å². The van der Waals surface area contributed by atoms with E-state index in [1.54, 1.807) is 0 Å². The number of nitrogens with zero attached hydrogens (tertiary/aromatic N) is 3. The Balaban J connectivity index is 1.94. The fraction of sp³-hybridized carbons (Fsp3) is 0.667. The molecule has 1 N–H and O–H groups in total. The van der Waals surface area contributed by atoms with Crippen LogP contribution >= 0.6 is 0 Å². The van der Waals surface area contributed by atoms with Gasteiger partial charge >= 0.3 is 0 Å². The van der Waals surface area contributed by atoms with E-state index in [9.17, 15) is 0 Å². The smallest absolute Gasteiger partial charge is 0.225 e. The van der Waals surface area contributed by atoms with Crippen LogP contribution in [-0.2, 0) is 0 Å². The van der Waals surface area contributed by atoms with E-state index < -0.39 is 0 Å². The van der Waals surface area contributed by atoms with Crippen molar-refractivity contribution in [3.05, 3.63) is 18.5 Å². The SMILES string of the molecule is CCN(CC1CCNCC1)c1ncccn1. The number of rotatable bonds is 4. The Kier molecular flexibility index (Phi) is 4.10. The van der Waals surface area contributed by atoms with Crippen LogP contribution in [0.15, 0.2) is 18.5 Å². The second-order valence-electron chi connectivity index (χ2n) is 4.28. The Labute approximate surface area is 97.1 Å². The van der Waals surface area contributed by atoms with Gasteiger partial charge in [-0.2, -0.15) is 0 Å². The van der Waals surface area contributed by atoms with Gasteiger partial charge in [0.15, 0.2) is 0 Å². The molecule has 0 atom stereocenters. The summed E-state index contributed by atoms with van der Waals surface area (Å²) >= 11 is 0. The van der Waals surface area contributed by atoms with Crippen molar-refractivity contribution >= 4 is 5.95 Å². The zero-order valence-electron chi connectivity index (χ0n) is 9.89. The molecule has 0 aromatic carbocycles. The maximum absolute atomic E-state index is 4.31. The third kappa shape index (κ3) is 2.92. The molecule has 0 aliphatic carbocycles. The molecule has 0 unspecified atom stereocenters. The van der Waals surface area contributed by atoms with Gasteiger partial charge < -0.3 is 10.2 Å². The quantitative estimate of drug-likeness (QED) is 0.830. The van der Waals surface area contributed by atoms with Crippen molar-refractivity contribution in [3.8, 4) is 0 Å². The number of hydrogen-bond acceptors (Lipinski definition) is 4. The molecule has 1 aliphatic heterocycles. The lowest BCUT2D eigenvalue weighted by molar-refractivity contribution is 0.373. The summed E-state index contributed by atoms with van der Waals surface area (Å²) in [4.78, 5) is 10.9. The predicted octanol–water partition coefficient (Wildman–Crippen LogP) is 1.30. The molecule has 1 aromatic heterocycles. The van der Waals surface area contributed by atoms with Crippen LogP contribution in [0.1, 0.15) is 19.8 Å². The lowest BCUT2D eigenvalue weighted by atomic mass is 9.98. The van der Waals surface area contributed by atoms with Crippen LogP contribution in [0, 0.1) is 5.92 Å². The normalized spacial score (nSPS) is 17.3. The topological polar surface area (TPSA) is 41.0 Å². The van der Waals surface area contributed by atoms with Crippen LogP contribution in [0.5, 0.6) is 0 Å². The third-order valence-corrected chi connectivity index (χ3v) is 3.15. The molecule has 1 aromatic rings. The lowest BCUT2D eigenvalue weighted by Crippen LogP contribution is -2.36. The minimum Gasteiger partial charge on any atom is -0.341 e. The standard InChI is InChI=1S/C12H20N4/c1-2-16(12-14-6-3-7-15-12)10-11-4-8-13-9-5-11/h3,6-7,11,13H,2,4-5,8-10H2,1H3. The summed E-state index contributed by atoms with van der Waals surface area (Å²) in [5.74, 6) is 1.65. The van der Waals surface area contributed by atoms with Gasteiger partial charge in [-0.15, -0.1) is 0 Å². The number of piperidine rings is 1. The second kappa shape index (κ2) is 5.80. The summed E-state index contributed by atoms with van der Waals surface area (Å²) < 4.78 is 0. The summed E-state index contributed by atoms with van der Waals surface area (Å²) in [6, 6.07) is 1.86. The Bertz CT molecular complexity index is 295. The molecule has 4 nitrogen and oxygen atoms in total. The number of nitrogens with one attached hydrogen (secondary N) is 1. The molecule has 16 heavy (non-hydrogen) atoms. The van der Waals surface area contributed by atoms with Gasteiger partial charge in [0.25, 0.3) is 0 Å². The summed E-state index contributed by atoms with van der Waals surface area (Å²) in [6.45, 7) is 6.53. The largest absolute Gasteiger partial charge is 0.341 e. The zero-order valence-corrected chi connectivity index (χ0v) is 9.89. The Morgan fingerprint density at radius 1 is 1.31 bits per heavy atom. The molecule has 0 radical (unpaired) electrons. The van der Waals surface area contributed by atoms with Crippen LogP contribution < -0.4 is 10.2 Å². The van der Waals surface area contributed by atoms with Gasteiger partial charge in [-0.1, -0.05) is 0 Å². The summed E-state index contributed by atoms with van der Waals surface area (Å²) in [5, 5.41) is 3.40. The number of aromatic nitrogens is 2. The highest BCUT2D eigenvalue weighted by Crippen LogP contribution is 2.16. The van der Waals surface area contributed by atoms with E-state index in [0.29, 0.717) is 0 Å². The van der Waals surface area contributed by atoms with Gasteiger partial charge in [0.2, 0.25) is 5.95 Å². The minimum atomic E-state index is 0.782. The Morgan fingerprint density at radius 2 is 2.00 bits per heavy atom. The first-order valence-electron chi connectivity index (χ1n) is 6.13. The van der Waals surface area contributed by atoms with Gasteiger partial charge in [-0.3, -0.25) is 0 Å². The number of anilines is 1. The molecule has 4 heteroatoms. The fourth-order valence-corrected chi connectivity index (χ4v) is 2.18. The lowest BCUT2D eigenvalue weighted by Gasteiger charge is -2.29.